The Kier molecular flexibility index (Phi) is 6.77. The lowest BCUT2D eigenvalue weighted by Crippen LogP contribution is -2.52. The molecular weight excluding hydrogens is 450 g/mol. The number of nitrogens with zero attached hydrogens (tertiary/aromatic N) is 5. The van der Waals surface area contributed by atoms with Crippen LogP contribution in [0.1, 0.15) is 88.5 Å². The molecule has 0 aliphatic heterocycles. The fourth-order valence-corrected chi connectivity index (χ4v) is 6.53. The molecule has 1 fully saturated rings. The van der Waals surface area contributed by atoms with Crippen molar-refractivity contribution in [2.75, 3.05) is 7.05 Å². The third-order valence-corrected chi connectivity index (χ3v) is 8.08. The molecule has 1 amide bonds. The summed E-state index contributed by atoms with van der Waals surface area (Å²) in [5.74, 6) is 1.09. The zero-order valence-electron chi connectivity index (χ0n) is 22.0. The minimum absolute atomic E-state index is 0.0597. The zero-order chi connectivity index (χ0) is 25.4. The molecule has 0 spiro atoms. The van der Waals surface area contributed by atoms with Crippen molar-refractivity contribution in [2.45, 2.75) is 95.9 Å². The largest absolute Gasteiger partial charge is 0.465 e. The topological polar surface area (TPSA) is 74.5 Å². The van der Waals surface area contributed by atoms with Crippen molar-refractivity contribution in [3.05, 3.63) is 59.7 Å². The van der Waals surface area contributed by atoms with Gasteiger partial charge in [0, 0.05) is 23.8 Å². The number of pyridine rings is 1. The van der Waals surface area contributed by atoms with Gasteiger partial charge in [0.25, 0.3) is 0 Å². The highest BCUT2D eigenvalue weighted by Gasteiger charge is 2.37. The number of carboxylic acid groups (broad SMARTS) is 1. The number of aromatic nitrogens is 3. The standard InChI is InChI=1S/C29H39N5O2/c1-29(2,3)34(28(35)36)22-16-14-21(15-17-22)33-24-12-6-5-11-23(24)31-26(33)19-32(4)25-13-7-9-20-10-8-18-30-27(20)25/h5-6,8,10-12,18,21-22,25H,7,9,13-17,19H2,1-4H3,(H,35,36)/t21-,22-,25?. The lowest BCUT2D eigenvalue weighted by molar-refractivity contribution is 0.0510. The van der Waals surface area contributed by atoms with Gasteiger partial charge in [0.2, 0.25) is 0 Å². The number of benzene rings is 1. The zero-order valence-corrected chi connectivity index (χ0v) is 22.0. The number of hydrogen-bond donors (Lipinski definition) is 1. The molecule has 2 aliphatic rings. The van der Waals surface area contributed by atoms with Crippen LogP contribution in [-0.2, 0) is 13.0 Å². The van der Waals surface area contributed by atoms with Crippen LogP contribution >= 0.6 is 0 Å². The Morgan fingerprint density at radius 1 is 1.08 bits per heavy atom. The van der Waals surface area contributed by atoms with Gasteiger partial charge in [-0.1, -0.05) is 18.2 Å². The molecule has 1 aromatic carbocycles. The van der Waals surface area contributed by atoms with E-state index in [0.717, 1.165) is 56.4 Å². The van der Waals surface area contributed by atoms with Gasteiger partial charge in [0.1, 0.15) is 5.82 Å². The first kappa shape index (κ1) is 24.8. The average Bonchev–Trinajstić information content (AvgIpc) is 3.20. The van der Waals surface area contributed by atoms with E-state index in [0.29, 0.717) is 12.1 Å². The number of amides is 1. The second-order valence-electron chi connectivity index (χ2n) is 11.5. The first-order valence-electron chi connectivity index (χ1n) is 13.4. The molecule has 7 nitrogen and oxygen atoms in total. The molecule has 2 aliphatic carbocycles. The molecule has 2 heterocycles. The lowest BCUT2D eigenvalue weighted by atomic mass is 9.87. The predicted molar refractivity (Wildman–Crippen MR) is 142 cm³/mol. The van der Waals surface area contributed by atoms with E-state index in [1.165, 1.54) is 23.2 Å². The van der Waals surface area contributed by atoms with Gasteiger partial charge >= 0.3 is 6.09 Å². The molecule has 1 saturated carbocycles. The van der Waals surface area contributed by atoms with Gasteiger partial charge in [-0.25, -0.2) is 9.78 Å². The molecule has 1 atom stereocenters. The molecular formula is C29H39N5O2. The van der Waals surface area contributed by atoms with Crippen LogP contribution in [0.4, 0.5) is 4.79 Å². The van der Waals surface area contributed by atoms with Crippen molar-refractivity contribution in [3.63, 3.8) is 0 Å². The first-order valence-corrected chi connectivity index (χ1v) is 13.4. The van der Waals surface area contributed by atoms with Crippen molar-refractivity contribution < 1.29 is 9.90 Å². The Labute approximate surface area is 214 Å². The third-order valence-electron chi connectivity index (χ3n) is 8.08. The second kappa shape index (κ2) is 9.85. The normalized spacial score (nSPS) is 22.5. The molecule has 36 heavy (non-hydrogen) atoms. The Bertz CT molecular complexity index is 1220. The van der Waals surface area contributed by atoms with Crippen molar-refractivity contribution in [3.8, 4) is 0 Å². The van der Waals surface area contributed by atoms with E-state index in [1.807, 2.05) is 33.0 Å². The highest BCUT2D eigenvalue weighted by atomic mass is 16.4. The van der Waals surface area contributed by atoms with Crippen molar-refractivity contribution in [2.24, 2.45) is 0 Å². The summed E-state index contributed by atoms with van der Waals surface area (Å²) in [5.41, 5.74) is 4.40. The number of fused-ring (bicyclic) bond motifs is 2. The van der Waals surface area contributed by atoms with E-state index < -0.39 is 11.6 Å². The third kappa shape index (κ3) is 4.73. The highest BCUT2D eigenvalue weighted by Crippen LogP contribution is 2.38. The van der Waals surface area contributed by atoms with Crippen LogP contribution in [0.2, 0.25) is 0 Å². The number of carbonyl (C=O) groups is 1. The summed E-state index contributed by atoms with van der Waals surface area (Å²) in [4.78, 5) is 26.0. The number of para-hydroxylation sites is 2. The number of imidazole rings is 1. The van der Waals surface area contributed by atoms with Crippen molar-refractivity contribution >= 4 is 17.1 Å². The highest BCUT2D eigenvalue weighted by molar-refractivity contribution is 5.76. The van der Waals surface area contributed by atoms with Gasteiger partial charge in [-0.15, -0.1) is 0 Å². The minimum atomic E-state index is -0.817. The minimum Gasteiger partial charge on any atom is -0.465 e. The summed E-state index contributed by atoms with van der Waals surface area (Å²) in [7, 11) is 2.20. The molecule has 192 valence electrons. The summed E-state index contributed by atoms with van der Waals surface area (Å²) >= 11 is 0. The summed E-state index contributed by atoms with van der Waals surface area (Å²) < 4.78 is 2.45. The van der Waals surface area contributed by atoms with E-state index in [2.05, 4.69) is 46.8 Å². The van der Waals surface area contributed by atoms with E-state index in [-0.39, 0.29) is 6.04 Å². The maximum atomic E-state index is 12.0. The molecule has 5 rings (SSSR count). The summed E-state index contributed by atoms with van der Waals surface area (Å²) in [6.45, 7) is 6.73. The van der Waals surface area contributed by atoms with Gasteiger partial charge in [0.05, 0.1) is 29.3 Å². The molecule has 2 aromatic heterocycles. The smallest absolute Gasteiger partial charge is 0.407 e. The Morgan fingerprint density at radius 3 is 2.56 bits per heavy atom. The van der Waals surface area contributed by atoms with Gasteiger partial charge in [-0.3, -0.25) is 9.88 Å². The first-order chi connectivity index (χ1) is 17.2. The van der Waals surface area contributed by atoms with Gasteiger partial charge in [0.15, 0.2) is 0 Å². The van der Waals surface area contributed by atoms with Gasteiger partial charge in [-0.2, -0.15) is 0 Å². The SMILES string of the molecule is CN(Cc1nc2ccccc2n1[C@H]1CC[C@H](N(C(=O)O)C(C)(C)C)CC1)C1CCCc2cccnc21. The molecule has 1 unspecified atom stereocenters. The molecule has 0 saturated heterocycles. The van der Waals surface area contributed by atoms with Gasteiger partial charge < -0.3 is 14.6 Å². The van der Waals surface area contributed by atoms with E-state index in [9.17, 15) is 9.90 Å². The van der Waals surface area contributed by atoms with Crippen LogP contribution in [-0.4, -0.2) is 54.2 Å². The Morgan fingerprint density at radius 2 is 1.83 bits per heavy atom. The quantitative estimate of drug-likeness (QED) is 0.462. The van der Waals surface area contributed by atoms with E-state index in [1.54, 1.807) is 4.90 Å². The van der Waals surface area contributed by atoms with Gasteiger partial charge in [-0.05, 0) is 96.5 Å². The van der Waals surface area contributed by atoms with Crippen molar-refractivity contribution in [1.29, 1.82) is 0 Å². The Hall–Kier alpha value is -2.93. The number of hydrogen-bond acceptors (Lipinski definition) is 4. The van der Waals surface area contributed by atoms with Crippen LogP contribution in [0.5, 0.6) is 0 Å². The van der Waals surface area contributed by atoms with Crippen LogP contribution in [0.3, 0.4) is 0 Å². The maximum Gasteiger partial charge on any atom is 0.407 e. The van der Waals surface area contributed by atoms with Crippen LogP contribution in [0.25, 0.3) is 11.0 Å². The second-order valence-corrected chi connectivity index (χ2v) is 11.5. The summed E-state index contributed by atoms with van der Waals surface area (Å²) in [6.07, 6.45) is 8.15. The van der Waals surface area contributed by atoms with E-state index in [4.69, 9.17) is 9.97 Å². The summed E-state index contributed by atoms with van der Waals surface area (Å²) in [5, 5.41) is 9.89. The fraction of sp³-hybridized carbons (Fsp3) is 0.552. The molecule has 1 N–H and O–H groups in total. The monoisotopic (exact) mass is 489 g/mol. The molecule has 3 aromatic rings. The van der Waals surface area contributed by atoms with Crippen molar-refractivity contribution in [1.82, 2.24) is 24.3 Å². The maximum absolute atomic E-state index is 12.0. The lowest BCUT2D eigenvalue weighted by Gasteiger charge is -2.43. The predicted octanol–water partition coefficient (Wildman–Crippen LogP) is 6.20. The van der Waals surface area contributed by atoms with Crippen LogP contribution in [0, 0.1) is 0 Å². The fourth-order valence-electron chi connectivity index (χ4n) is 6.53. The summed E-state index contributed by atoms with van der Waals surface area (Å²) in [6, 6.07) is 13.4. The van der Waals surface area contributed by atoms with E-state index >= 15 is 0 Å². The number of rotatable bonds is 5. The number of aryl methyl sites for hydroxylation is 1. The van der Waals surface area contributed by atoms with Crippen LogP contribution < -0.4 is 0 Å². The average molecular weight is 490 g/mol. The van der Waals surface area contributed by atoms with Crippen LogP contribution in [0.15, 0.2) is 42.6 Å². The Balaban J connectivity index is 1.40. The molecule has 0 radical (unpaired) electrons. The molecule has 0 bridgehead atoms. The molecule has 7 heteroatoms.